The zero-order valence-corrected chi connectivity index (χ0v) is 20.0. The molecule has 1 aliphatic heterocycles. The molecule has 2 aromatic rings. The molecule has 1 aromatic carbocycles. The third-order valence-electron chi connectivity index (χ3n) is 6.16. The van der Waals surface area contributed by atoms with Crippen LogP contribution < -0.4 is 0 Å². The predicted molar refractivity (Wildman–Crippen MR) is 129 cm³/mol. The molecule has 1 amide bonds. The molecule has 1 unspecified atom stereocenters. The first-order valence-corrected chi connectivity index (χ1v) is 12.1. The van der Waals surface area contributed by atoms with Crippen LogP contribution in [0.4, 0.5) is 0 Å². The van der Waals surface area contributed by atoms with Crippen LogP contribution in [0.25, 0.3) is 0 Å². The van der Waals surface area contributed by atoms with Crippen LogP contribution in [0.3, 0.4) is 0 Å². The lowest BCUT2D eigenvalue weighted by Gasteiger charge is -2.28. The lowest BCUT2D eigenvalue weighted by atomic mass is 9.95. The predicted octanol–water partition coefficient (Wildman–Crippen LogP) is 5.46. The molecule has 33 heavy (non-hydrogen) atoms. The highest BCUT2D eigenvalue weighted by Crippen LogP contribution is 2.39. The average molecular weight is 453 g/mol. The lowest BCUT2D eigenvalue weighted by molar-refractivity contribution is -0.129. The number of amides is 1. The Bertz CT molecular complexity index is 956. The van der Waals surface area contributed by atoms with Crippen molar-refractivity contribution in [2.45, 2.75) is 58.9 Å². The fraction of sp³-hybridized carbons (Fsp3) is 0.481. The monoisotopic (exact) mass is 452 g/mol. The number of aryl methyl sites for hydroxylation is 1. The molecule has 6 nitrogen and oxygen atoms in total. The molecule has 0 radical (unpaired) electrons. The van der Waals surface area contributed by atoms with Crippen LogP contribution in [0, 0.1) is 6.92 Å². The largest absolute Gasteiger partial charge is 0.503 e. The van der Waals surface area contributed by atoms with Gasteiger partial charge in [-0.3, -0.25) is 9.59 Å². The topological polar surface area (TPSA) is 74.0 Å². The van der Waals surface area contributed by atoms with Gasteiger partial charge < -0.3 is 19.3 Å². The Kier molecular flexibility index (Phi) is 8.89. The highest BCUT2D eigenvalue weighted by atomic mass is 16.3. The molecule has 2 heterocycles. The molecule has 0 bridgehead atoms. The van der Waals surface area contributed by atoms with E-state index in [-0.39, 0.29) is 11.3 Å². The summed E-state index contributed by atoms with van der Waals surface area (Å²) < 4.78 is 5.52. The third-order valence-corrected chi connectivity index (χ3v) is 6.16. The van der Waals surface area contributed by atoms with E-state index in [9.17, 15) is 14.7 Å². The van der Waals surface area contributed by atoms with Gasteiger partial charge in [0.2, 0.25) is 5.78 Å². The van der Waals surface area contributed by atoms with Crippen LogP contribution in [-0.2, 0) is 4.79 Å². The molecule has 6 heteroatoms. The number of hydrogen-bond acceptors (Lipinski definition) is 5. The number of ketones is 1. The molecule has 3 rings (SSSR count). The highest BCUT2D eigenvalue weighted by Gasteiger charge is 2.44. The summed E-state index contributed by atoms with van der Waals surface area (Å²) in [5.74, 6) is -0.677. The molecule has 0 saturated carbocycles. The van der Waals surface area contributed by atoms with Gasteiger partial charge in [0.25, 0.3) is 5.91 Å². The minimum absolute atomic E-state index is 0.0920. The Balaban J connectivity index is 1.81. The zero-order chi connectivity index (χ0) is 23.8. The van der Waals surface area contributed by atoms with Crippen molar-refractivity contribution in [3.05, 3.63) is 70.9 Å². The zero-order valence-electron chi connectivity index (χ0n) is 20.0. The molecule has 1 aliphatic rings. The maximum absolute atomic E-state index is 13.3. The minimum atomic E-state index is -0.628. The number of hydrogen-bond donors (Lipinski definition) is 1. The number of aliphatic hydroxyl groups is 1. The van der Waals surface area contributed by atoms with E-state index in [4.69, 9.17) is 4.42 Å². The molecule has 1 aromatic heterocycles. The van der Waals surface area contributed by atoms with Crippen LogP contribution in [0.2, 0.25) is 0 Å². The van der Waals surface area contributed by atoms with E-state index in [1.165, 1.54) is 0 Å². The Labute approximate surface area is 196 Å². The van der Waals surface area contributed by atoms with Crippen LogP contribution in [0.5, 0.6) is 0 Å². The molecule has 0 saturated heterocycles. The van der Waals surface area contributed by atoms with Crippen molar-refractivity contribution in [2.24, 2.45) is 0 Å². The molecule has 1 atom stereocenters. The van der Waals surface area contributed by atoms with E-state index in [2.05, 4.69) is 18.7 Å². The summed E-state index contributed by atoms with van der Waals surface area (Å²) in [4.78, 5) is 30.4. The number of furan rings is 1. The molecule has 0 spiro atoms. The summed E-state index contributed by atoms with van der Waals surface area (Å²) in [7, 11) is 0. The standard InChI is InChI=1S/C27H36N2O4/c1-4-6-16-28(17-7-5-2)18-11-19-29-24(21-12-9-8-10-13-21)23(26(31)27(29)32)25(30)22-15-14-20(3)33-22/h8-10,12-15,24,31H,4-7,11,16-19H2,1-3H3. The summed E-state index contributed by atoms with van der Waals surface area (Å²) >= 11 is 0. The van der Waals surface area contributed by atoms with E-state index in [0.29, 0.717) is 12.3 Å². The average Bonchev–Trinajstić information content (AvgIpc) is 3.37. The highest BCUT2D eigenvalue weighted by molar-refractivity contribution is 6.15. The van der Waals surface area contributed by atoms with E-state index < -0.39 is 23.5 Å². The van der Waals surface area contributed by atoms with Crippen LogP contribution in [0.1, 0.15) is 73.9 Å². The first kappa shape index (κ1) is 24.8. The Morgan fingerprint density at radius 2 is 1.64 bits per heavy atom. The van der Waals surface area contributed by atoms with Gasteiger partial charge >= 0.3 is 0 Å². The fourth-order valence-corrected chi connectivity index (χ4v) is 4.35. The fourth-order valence-electron chi connectivity index (χ4n) is 4.35. The Morgan fingerprint density at radius 3 is 2.21 bits per heavy atom. The minimum Gasteiger partial charge on any atom is -0.503 e. The van der Waals surface area contributed by atoms with Crippen molar-refractivity contribution in [2.75, 3.05) is 26.2 Å². The molecule has 178 valence electrons. The second-order valence-electron chi connectivity index (χ2n) is 8.72. The second-order valence-corrected chi connectivity index (χ2v) is 8.72. The summed E-state index contributed by atoms with van der Waals surface area (Å²) in [6.45, 7) is 9.60. The number of Topliss-reactive ketones (excluding diaryl/α,β-unsaturated/α-hetero) is 1. The molecular weight excluding hydrogens is 416 g/mol. The Morgan fingerprint density at radius 1 is 1.00 bits per heavy atom. The van der Waals surface area contributed by atoms with Crippen molar-refractivity contribution < 1.29 is 19.1 Å². The smallest absolute Gasteiger partial charge is 0.290 e. The van der Waals surface area contributed by atoms with Gasteiger partial charge in [-0.25, -0.2) is 0 Å². The van der Waals surface area contributed by atoms with Gasteiger partial charge in [0.1, 0.15) is 5.76 Å². The SMILES string of the molecule is CCCCN(CCCC)CCCN1C(=O)C(O)=C(C(=O)c2ccc(C)o2)C1c1ccccc1. The van der Waals surface area contributed by atoms with Gasteiger partial charge in [0.15, 0.2) is 11.5 Å². The molecular formula is C27H36N2O4. The van der Waals surface area contributed by atoms with Crippen molar-refractivity contribution in [3.63, 3.8) is 0 Å². The third kappa shape index (κ3) is 5.93. The maximum atomic E-state index is 13.3. The quantitative estimate of drug-likeness (QED) is 0.409. The van der Waals surface area contributed by atoms with Crippen molar-refractivity contribution in [1.82, 2.24) is 9.80 Å². The number of carbonyl (C=O) groups is 2. The van der Waals surface area contributed by atoms with E-state index in [1.807, 2.05) is 30.3 Å². The van der Waals surface area contributed by atoms with Crippen LogP contribution >= 0.6 is 0 Å². The normalized spacial score (nSPS) is 16.3. The number of aliphatic hydroxyl groups excluding tert-OH is 1. The van der Waals surface area contributed by atoms with E-state index in [1.54, 1.807) is 24.0 Å². The Hall–Kier alpha value is -2.86. The molecule has 1 N–H and O–H groups in total. The van der Waals surface area contributed by atoms with Crippen molar-refractivity contribution in [3.8, 4) is 0 Å². The van der Waals surface area contributed by atoms with Gasteiger partial charge in [-0.1, -0.05) is 57.0 Å². The van der Waals surface area contributed by atoms with Gasteiger partial charge in [0, 0.05) is 6.54 Å². The molecule has 0 aliphatic carbocycles. The first-order chi connectivity index (χ1) is 16.0. The van der Waals surface area contributed by atoms with Gasteiger partial charge in [0.05, 0.1) is 11.6 Å². The van der Waals surface area contributed by atoms with Gasteiger partial charge in [-0.15, -0.1) is 0 Å². The number of benzene rings is 1. The maximum Gasteiger partial charge on any atom is 0.290 e. The number of carbonyl (C=O) groups excluding carboxylic acids is 2. The number of nitrogens with zero attached hydrogens (tertiary/aromatic N) is 2. The van der Waals surface area contributed by atoms with Crippen molar-refractivity contribution >= 4 is 11.7 Å². The summed E-state index contributed by atoms with van der Waals surface area (Å²) in [6, 6.07) is 12.1. The summed E-state index contributed by atoms with van der Waals surface area (Å²) in [5.41, 5.74) is 0.893. The van der Waals surface area contributed by atoms with Crippen molar-refractivity contribution in [1.29, 1.82) is 0 Å². The number of rotatable bonds is 13. The lowest BCUT2D eigenvalue weighted by Crippen LogP contribution is -2.35. The van der Waals surface area contributed by atoms with E-state index >= 15 is 0 Å². The molecule has 0 fully saturated rings. The first-order valence-electron chi connectivity index (χ1n) is 12.1. The van der Waals surface area contributed by atoms with E-state index in [0.717, 1.165) is 57.3 Å². The summed E-state index contributed by atoms with van der Waals surface area (Å²) in [5, 5.41) is 10.8. The van der Waals surface area contributed by atoms with Crippen LogP contribution in [-0.4, -0.2) is 52.8 Å². The second kappa shape index (κ2) is 11.8. The van der Waals surface area contributed by atoms with Gasteiger partial charge in [-0.05, 0) is 63.5 Å². The number of unbranched alkanes of at least 4 members (excludes halogenated alkanes) is 2. The van der Waals surface area contributed by atoms with Crippen LogP contribution in [0.15, 0.2) is 58.2 Å². The summed E-state index contributed by atoms with van der Waals surface area (Å²) in [6.07, 6.45) is 5.39. The van der Waals surface area contributed by atoms with Gasteiger partial charge in [-0.2, -0.15) is 0 Å².